The number of hydrogen-bond acceptors (Lipinski definition) is 4. The van der Waals surface area contributed by atoms with Gasteiger partial charge in [0.05, 0.1) is 30.2 Å². The number of carbonyl (C=O) groups excluding carboxylic acids is 1. The molecule has 0 radical (unpaired) electrons. The summed E-state index contributed by atoms with van der Waals surface area (Å²) in [7, 11) is 0. The lowest BCUT2D eigenvalue weighted by Gasteiger charge is -2.39. The number of aromatic amines is 1. The van der Waals surface area contributed by atoms with Gasteiger partial charge in [-0.3, -0.25) is 0 Å². The number of fused-ring (bicyclic) bond motifs is 4. The first-order valence-electron chi connectivity index (χ1n) is 11.5. The van der Waals surface area contributed by atoms with Crippen LogP contribution in [0.5, 0.6) is 5.75 Å². The first-order chi connectivity index (χ1) is 15.5. The van der Waals surface area contributed by atoms with E-state index in [-0.39, 0.29) is 24.2 Å². The molecule has 3 aliphatic heterocycles. The lowest BCUT2D eigenvalue weighted by atomic mass is 10.00. The van der Waals surface area contributed by atoms with Crippen molar-refractivity contribution in [1.29, 1.82) is 0 Å². The molecule has 2 unspecified atom stereocenters. The monoisotopic (exact) mass is 432 g/mol. The average Bonchev–Trinajstić information content (AvgIpc) is 3.18. The highest BCUT2D eigenvalue weighted by Gasteiger charge is 2.44. The van der Waals surface area contributed by atoms with Crippen LogP contribution < -0.4 is 4.74 Å². The van der Waals surface area contributed by atoms with E-state index in [1.165, 1.54) is 0 Å². The highest BCUT2D eigenvalue weighted by atomic mass is 16.5. The second kappa shape index (κ2) is 7.52. The molecule has 7 nitrogen and oxygen atoms in total. The standard InChI is InChI=1S/C25H28N4O3/c1-15-26-22-6-2-17(11-23(22)27-15)16-3-7-24-18(10-16)14-28(8-9-32-24)25(31)29-19-4-5-20(29)13-21(30)12-19/h2-3,6-7,10-11,19-21,30H,4-5,8-9,12-14H2,1H3,(H,26,27). The summed E-state index contributed by atoms with van der Waals surface area (Å²) < 4.78 is 6.00. The van der Waals surface area contributed by atoms with E-state index in [1.807, 2.05) is 28.9 Å². The Morgan fingerprint density at radius 1 is 1.12 bits per heavy atom. The number of rotatable bonds is 1. The van der Waals surface area contributed by atoms with Crippen molar-refractivity contribution in [2.45, 2.75) is 57.3 Å². The smallest absolute Gasteiger partial charge is 0.320 e. The summed E-state index contributed by atoms with van der Waals surface area (Å²) in [5.74, 6) is 1.75. The van der Waals surface area contributed by atoms with Gasteiger partial charge in [-0.25, -0.2) is 9.78 Å². The number of nitrogens with zero attached hydrogens (tertiary/aromatic N) is 3. The molecule has 7 heteroatoms. The Kier molecular flexibility index (Phi) is 4.61. The molecule has 0 aliphatic carbocycles. The van der Waals surface area contributed by atoms with Crippen molar-refractivity contribution < 1.29 is 14.6 Å². The van der Waals surface area contributed by atoms with Gasteiger partial charge < -0.3 is 24.6 Å². The summed E-state index contributed by atoms with van der Waals surface area (Å²) in [6.07, 6.45) is 3.11. The maximum atomic E-state index is 13.5. The molecule has 1 aromatic heterocycles. The van der Waals surface area contributed by atoms with Crippen molar-refractivity contribution in [3.63, 3.8) is 0 Å². The van der Waals surface area contributed by atoms with Crippen LogP contribution in [0.15, 0.2) is 36.4 Å². The van der Waals surface area contributed by atoms with E-state index in [2.05, 4.69) is 34.2 Å². The van der Waals surface area contributed by atoms with Gasteiger partial charge in [0.15, 0.2) is 0 Å². The molecular formula is C25H28N4O3. The molecule has 2 bridgehead atoms. The van der Waals surface area contributed by atoms with Crippen molar-refractivity contribution in [1.82, 2.24) is 19.8 Å². The molecule has 3 aromatic rings. The average molecular weight is 433 g/mol. The minimum atomic E-state index is -0.275. The lowest BCUT2D eigenvalue weighted by molar-refractivity contribution is 0.0414. The van der Waals surface area contributed by atoms with Gasteiger partial charge in [-0.15, -0.1) is 0 Å². The number of urea groups is 1. The fourth-order valence-corrected chi connectivity index (χ4v) is 5.68. The summed E-state index contributed by atoms with van der Waals surface area (Å²) in [5.41, 5.74) is 5.21. The van der Waals surface area contributed by atoms with Crippen LogP contribution >= 0.6 is 0 Å². The van der Waals surface area contributed by atoms with Crippen molar-refractivity contribution in [3.8, 4) is 16.9 Å². The van der Waals surface area contributed by atoms with Crippen LogP contribution in [0, 0.1) is 6.92 Å². The van der Waals surface area contributed by atoms with Gasteiger partial charge in [0.1, 0.15) is 18.2 Å². The van der Waals surface area contributed by atoms with Gasteiger partial charge in [0.2, 0.25) is 0 Å². The van der Waals surface area contributed by atoms with Gasteiger partial charge in [-0.2, -0.15) is 0 Å². The zero-order valence-corrected chi connectivity index (χ0v) is 18.3. The number of aryl methyl sites for hydroxylation is 1. The van der Waals surface area contributed by atoms with Crippen LogP contribution in [0.3, 0.4) is 0 Å². The number of aliphatic hydroxyl groups excluding tert-OH is 1. The van der Waals surface area contributed by atoms with E-state index in [0.29, 0.717) is 32.5 Å². The van der Waals surface area contributed by atoms with E-state index in [0.717, 1.165) is 52.1 Å². The van der Waals surface area contributed by atoms with Gasteiger partial charge in [-0.1, -0.05) is 12.1 Å². The van der Waals surface area contributed by atoms with Crippen LogP contribution in [0.2, 0.25) is 0 Å². The first-order valence-corrected chi connectivity index (χ1v) is 11.5. The summed E-state index contributed by atoms with van der Waals surface area (Å²) in [6, 6.07) is 12.9. The van der Waals surface area contributed by atoms with E-state index in [4.69, 9.17) is 4.74 Å². The summed E-state index contributed by atoms with van der Waals surface area (Å²) in [5, 5.41) is 10.1. The number of ether oxygens (including phenoxy) is 1. The molecule has 2 saturated heterocycles. The van der Waals surface area contributed by atoms with Crippen LogP contribution in [0.25, 0.3) is 22.2 Å². The number of amides is 2. The molecule has 4 heterocycles. The highest BCUT2D eigenvalue weighted by molar-refractivity contribution is 5.82. The number of imidazole rings is 1. The Bertz CT molecular complexity index is 1180. The van der Waals surface area contributed by atoms with E-state index in [9.17, 15) is 9.90 Å². The second-order valence-electron chi connectivity index (χ2n) is 9.35. The predicted molar refractivity (Wildman–Crippen MR) is 121 cm³/mol. The molecule has 32 heavy (non-hydrogen) atoms. The number of hydrogen-bond donors (Lipinski definition) is 2. The molecule has 166 valence electrons. The fourth-order valence-electron chi connectivity index (χ4n) is 5.68. The predicted octanol–water partition coefficient (Wildman–Crippen LogP) is 3.84. The number of benzene rings is 2. The Balaban J connectivity index is 1.28. The number of H-pyrrole nitrogens is 1. The number of carbonyl (C=O) groups is 1. The quantitative estimate of drug-likeness (QED) is 0.612. The Hall–Kier alpha value is -3.06. The molecule has 6 rings (SSSR count). The van der Waals surface area contributed by atoms with Gasteiger partial charge in [0.25, 0.3) is 0 Å². The van der Waals surface area contributed by atoms with Crippen molar-refractivity contribution in [2.75, 3.05) is 13.2 Å². The third-order valence-electron chi connectivity index (χ3n) is 7.17. The molecule has 2 atom stereocenters. The molecule has 0 saturated carbocycles. The Labute approximate surface area is 187 Å². The fraction of sp³-hybridized carbons (Fsp3) is 0.440. The second-order valence-corrected chi connectivity index (χ2v) is 9.35. The first kappa shape index (κ1) is 19.6. The molecule has 0 spiro atoms. The molecule has 2 fully saturated rings. The number of aliphatic hydroxyl groups is 1. The molecular weight excluding hydrogens is 404 g/mol. The van der Waals surface area contributed by atoms with E-state index >= 15 is 0 Å². The third-order valence-corrected chi connectivity index (χ3v) is 7.17. The topological polar surface area (TPSA) is 81.7 Å². The van der Waals surface area contributed by atoms with Crippen molar-refractivity contribution >= 4 is 17.1 Å². The third kappa shape index (κ3) is 3.32. The zero-order chi connectivity index (χ0) is 21.8. The van der Waals surface area contributed by atoms with Crippen LogP contribution in [0.4, 0.5) is 4.79 Å². The summed E-state index contributed by atoms with van der Waals surface area (Å²) >= 11 is 0. The van der Waals surface area contributed by atoms with Crippen molar-refractivity contribution in [3.05, 3.63) is 47.8 Å². The zero-order valence-electron chi connectivity index (χ0n) is 18.3. The Morgan fingerprint density at radius 2 is 1.88 bits per heavy atom. The van der Waals surface area contributed by atoms with Crippen LogP contribution in [-0.2, 0) is 6.54 Å². The van der Waals surface area contributed by atoms with E-state index in [1.54, 1.807) is 0 Å². The van der Waals surface area contributed by atoms with Crippen LogP contribution in [0.1, 0.15) is 37.1 Å². The summed E-state index contributed by atoms with van der Waals surface area (Å²) in [4.78, 5) is 25.2. The highest BCUT2D eigenvalue weighted by Crippen LogP contribution is 2.37. The Morgan fingerprint density at radius 3 is 2.69 bits per heavy atom. The van der Waals surface area contributed by atoms with Crippen molar-refractivity contribution in [2.24, 2.45) is 0 Å². The minimum absolute atomic E-state index is 0.0839. The maximum absolute atomic E-state index is 13.5. The number of aromatic nitrogens is 2. The lowest BCUT2D eigenvalue weighted by Crippen LogP contribution is -2.53. The number of nitrogens with one attached hydrogen (secondary N) is 1. The normalized spacial score (nSPS) is 24.9. The molecule has 3 aliphatic rings. The van der Waals surface area contributed by atoms with Gasteiger partial charge in [0, 0.05) is 17.6 Å². The molecule has 2 aromatic carbocycles. The molecule has 2 amide bonds. The largest absolute Gasteiger partial charge is 0.491 e. The molecule has 2 N–H and O–H groups in total. The van der Waals surface area contributed by atoms with Crippen LogP contribution in [-0.4, -0.2) is 62.2 Å². The van der Waals surface area contributed by atoms with Gasteiger partial charge >= 0.3 is 6.03 Å². The minimum Gasteiger partial charge on any atom is -0.491 e. The number of piperidine rings is 1. The van der Waals surface area contributed by atoms with Gasteiger partial charge in [-0.05, 0) is 68.0 Å². The SMILES string of the molecule is Cc1nc2ccc(-c3ccc4c(c3)CN(C(=O)N3C5CCC3CC(O)C5)CCO4)cc2[nH]1. The van der Waals surface area contributed by atoms with E-state index < -0.39 is 0 Å². The summed E-state index contributed by atoms with van der Waals surface area (Å²) in [6.45, 7) is 3.55. The maximum Gasteiger partial charge on any atom is 0.320 e.